The van der Waals surface area contributed by atoms with Gasteiger partial charge in [-0.2, -0.15) is 5.26 Å². The zero-order valence-electron chi connectivity index (χ0n) is 12.8. The lowest BCUT2D eigenvalue weighted by Crippen LogP contribution is -2.38. The van der Waals surface area contributed by atoms with Crippen LogP contribution < -0.4 is 5.32 Å². The fraction of sp³-hybridized carbons (Fsp3) is 0.471. The van der Waals surface area contributed by atoms with E-state index in [1.165, 1.54) is 0 Å². The van der Waals surface area contributed by atoms with E-state index in [1.807, 2.05) is 12.1 Å². The molecule has 6 heteroatoms. The van der Waals surface area contributed by atoms with Crippen molar-refractivity contribution in [3.05, 3.63) is 34.9 Å². The average molecular weight is 335 g/mol. The van der Waals surface area contributed by atoms with E-state index in [0.29, 0.717) is 24.6 Å². The van der Waals surface area contributed by atoms with E-state index in [1.54, 1.807) is 18.2 Å². The molecule has 122 valence electrons. The van der Waals surface area contributed by atoms with Gasteiger partial charge in [-0.15, -0.1) is 0 Å². The van der Waals surface area contributed by atoms with Crippen molar-refractivity contribution < 1.29 is 14.3 Å². The molecule has 1 fully saturated rings. The molecular weight excluding hydrogens is 316 g/mol. The normalized spacial score (nSPS) is 18.2. The Labute approximate surface area is 140 Å². The number of benzene rings is 1. The van der Waals surface area contributed by atoms with E-state index in [4.69, 9.17) is 21.6 Å². The fourth-order valence-electron chi connectivity index (χ4n) is 2.46. The van der Waals surface area contributed by atoms with Crippen molar-refractivity contribution in [1.29, 1.82) is 5.26 Å². The maximum absolute atomic E-state index is 12.1. The lowest BCUT2D eigenvalue weighted by molar-refractivity contribution is -0.132. The van der Waals surface area contributed by atoms with Crippen LogP contribution in [0.3, 0.4) is 0 Å². The second-order valence-electron chi connectivity index (χ2n) is 5.54. The van der Waals surface area contributed by atoms with Crippen LogP contribution in [0.4, 0.5) is 0 Å². The molecule has 23 heavy (non-hydrogen) atoms. The summed E-state index contributed by atoms with van der Waals surface area (Å²) in [4.78, 5) is 24.1. The molecule has 0 spiro atoms. The Hall–Kier alpha value is -1.90. The summed E-state index contributed by atoms with van der Waals surface area (Å²) >= 11 is 5.80. The van der Waals surface area contributed by atoms with Gasteiger partial charge in [0.05, 0.1) is 12.2 Å². The molecule has 0 aliphatic carbocycles. The van der Waals surface area contributed by atoms with E-state index in [9.17, 15) is 9.59 Å². The summed E-state index contributed by atoms with van der Waals surface area (Å²) in [6.07, 6.45) is 2.48. The van der Waals surface area contributed by atoms with Crippen molar-refractivity contribution >= 4 is 23.3 Å². The van der Waals surface area contributed by atoms with Crippen molar-refractivity contribution in [3.63, 3.8) is 0 Å². The van der Waals surface area contributed by atoms with E-state index in [-0.39, 0.29) is 18.3 Å². The summed E-state index contributed by atoms with van der Waals surface area (Å²) < 4.78 is 5.40. The molecule has 1 aliphatic heterocycles. The van der Waals surface area contributed by atoms with Crippen molar-refractivity contribution in [2.24, 2.45) is 5.92 Å². The zero-order valence-corrected chi connectivity index (χ0v) is 13.5. The highest BCUT2D eigenvalue weighted by atomic mass is 35.5. The molecule has 1 N–H and O–H groups in total. The van der Waals surface area contributed by atoms with Gasteiger partial charge in [0.25, 0.3) is 0 Å². The standard InChI is InChI=1S/C17H19ClN2O3/c18-13-6-3-12(4-7-13)5-8-16(21)15(10-19)17(22)20-11-14-2-1-9-23-14/h3-4,6-7,14-15H,1-2,5,8-9,11H2,(H,20,22). The number of nitriles is 1. The monoisotopic (exact) mass is 334 g/mol. The SMILES string of the molecule is N#CC(C(=O)CCc1ccc(Cl)cc1)C(=O)NCC1CCCO1. The van der Waals surface area contributed by atoms with Gasteiger partial charge in [0, 0.05) is 24.6 Å². The third-order valence-electron chi connectivity index (χ3n) is 3.81. The Morgan fingerprint density at radius 3 is 2.74 bits per heavy atom. The summed E-state index contributed by atoms with van der Waals surface area (Å²) in [6.45, 7) is 1.05. The van der Waals surface area contributed by atoms with Crippen molar-refractivity contribution in [2.75, 3.05) is 13.2 Å². The maximum atomic E-state index is 12.1. The number of hydrogen-bond acceptors (Lipinski definition) is 4. The molecule has 1 amide bonds. The molecule has 1 heterocycles. The smallest absolute Gasteiger partial charge is 0.245 e. The molecule has 2 unspecified atom stereocenters. The molecule has 2 atom stereocenters. The van der Waals surface area contributed by atoms with Gasteiger partial charge in [0.15, 0.2) is 11.7 Å². The highest BCUT2D eigenvalue weighted by Gasteiger charge is 2.27. The lowest BCUT2D eigenvalue weighted by Gasteiger charge is -2.13. The van der Waals surface area contributed by atoms with Crippen LogP contribution in [0, 0.1) is 17.2 Å². The summed E-state index contributed by atoms with van der Waals surface area (Å²) in [5.41, 5.74) is 0.944. The molecule has 1 aromatic rings. The van der Waals surface area contributed by atoms with E-state index < -0.39 is 11.8 Å². The molecule has 0 radical (unpaired) electrons. The number of nitrogens with zero attached hydrogens (tertiary/aromatic N) is 1. The molecule has 5 nitrogen and oxygen atoms in total. The van der Waals surface area contributed by atoms with Crippen LogP contribution in [0.25, 0.3) is 0 Å². The second-order valence-corrected chi connectivity index (χ2v) is 5.97. The Kier molecular flexibility index (Phi) is 6.57. The Morgan fingerprint density at radius 2 is 2.13 bits per heavy atom. The van der Waals surface area contributed by atoms with Gasteiger partial charge in [-0.25, -0.2) is 0 Å². The first kappa shape index (κ1) is 17.5. The van der Waals surface area contributed by atoms with E-state index in [0.717, 1.165) is 18.4 Å². The van der Waals surface area contributed by atoms with Crippen LogP contribution in [0.5, 0.6) is 0 Å². The molecule has 1 saturated heterocycles. The van der Waals surface area contributed by atoms with E-state index >= 15 is 0 Å². The predicted octanol–water partition coefficient (Wildman–Crippen LogP) is 2.28. The zero-order chi connectivity index (χ0) is 16.7. The van der Waals surface area contributed by atoms with Gasteiger partial charge >= 0.3 is 0 Å². The Morgan fingerprint density at radius 1 is 1.39 bits per heavy atom. The minimum atomic E-state index is -1.26. The van der Waals surface area contributed by atoms with Crippen LogP contribution >= 0.6 is 11.6 Å². The van der Waals surface area contributed by atoms with Gasteiger partial charge in [-0.05, 0) is 37.0 Å². The van der Waals surface area contributed by atoms with Crippen LogP contribution in [-0.4, -0.2) is 30.9 Å². The van der Waals surface area contributed by atoms with Crippen LogP contribution in [-0.2, 0) is 20.7 Å². The summed E-state index contributed by atoms with van der Waals surface area (Å²) in [6, 6.07) is 8.95. The maximum Gasteiger partial charge on any atom is 0.245 e. The topological polar surface area (TPSA) is 79.2 Å². The van der Waals surface area contributed by atoms with Crippen LogP contribution in [0.15, 0.2) is 24.3 Å². The minimum Gasteiger partial charge on any atom is -0.376 e. The molecule has 0 saturated carbocycles. The van der Waals surface area contributed by atoms with Gasteiger partial charge in [-0.3, -0.25) is 9.59 Å². The number of carbonyl (C=O) groups is 2. The lowest BCUT2D eigenvalue weighted by atomic mass is 9.98. The number of ether oxygens (including phenoxy) is 1. The number of carbonyl (C=O) groups excluding carboxylic acids is 2. The first-order valence-electron chi connectivity index (χ1n) is 7.66. The number of Topliss-reactive ketones (excluding diaryl/α,β-unsaturated/α-hetero) is 1. The molecule has 0 aromatic heterocycles. The average Bonchev–Trinajstić information content (AvgIpc) is 3.06. The Balaban J connectivity index is 1.81. The number of nitrogens with one attached hydrogen (secondary N) is 1. The van der Waals surface area contributed by atoms with Crippen molar-refractivity contribution in [2.45, 2.75) is 31.8 Å². The van der Waals surface area contributed by atoms with Crippen LogP contribution in [0.2, 0.25) is 5.02 Å². The summed E-state index contributed by atoms with van der Waals surface area (Å²) in [7, 11) is 0. The minimum absolute atomic E-state index is 0.0116. The number of hydrogen-bond donors (Lipinski definition) is 1. The first-order valence-corrected chi connectivity index (χ1v) is 8.04. The fourth-order valence-corrected chi connectivity index (χ4v) is 2.59. The number of amides is 1. The molecule has 2 rings (SSSR count). The van der Waals surface area contributed by atoms with E-state index in [2.05, 4.69) is 5.32 Å². The number of halogens is 1. The Bertz CT molecular complexity index is 589. The number of rotatable bonds is 7. The molecule has 1 aromatic carbocycles. The van der Waals surface area contributed by atoms with Gasteiger partial charge in [0.1, 0.15) is 0 Å². The van der Waals surface area contributed by atoms with Gasteiger partial charge in [0.2, 0.25) is 5.91 Å². The highest BCUT2D eigenvalue weighted by molar-refractivity contribution is 6.30. The van der Waals surface area contributed by atoms with Crippen LogP contribution in [0.1, 0.15) is 24.8 Å². The molecule has 1 aliphatic rings. The largest absolute Gasteiger partial charge is 0.376 e. The summed E-state index contributed by atoms with van der Waals surface area (Å²) in [5.74, 6) is -2.17. The number of aryl methyl sites for hydroxylation is 1. The van der Waals surface area contributed by atoms with Gasteiger partial charge < -0.3 is 10.1 Å². The first-order chi connectivity index (χ1) is 11.1. The predicted molar refractivity (Wildman–Crippen MR) is 85.9 cm³/mol. The second kappa shape index (κ2) is 8.66. The summed E-state index contributed by atoms with van der Waals surface area (Å²) in [5, 5.41) is 12.4. The van der Waals surface area contributed by atoms with Crippen molar-refractivity contribution in [3.8, 4) is 6.07 Å². The molecule has 0 bridgehead atoms. The third kappa shape index (κ3) is 5.34. The van der Waals surface area contributed by atoms with Crippen molar-refractivity contribution in [1.82, 2.24) is 5.32 Å². The number of ketones is 1. The van der Waals surface area contributed by atoms with Gasteiger partial charge in [-0.1, -0.05) is 23.7 Å². The third-order valence-corrected chi connectivity index (χ3v) is 4.07. The molecular formula is C17H19ClN2O3. The highest BCUT2D eigenvalue weighted by Crippen LogP contribution is 2.13. The quantitative estimate of drug-likeness (QED) is 0.776.